The van der Waals surface area contributed by atoms with E-state index in [1.807, 2.05) is 0 Å². The van der Waals surface area contributed by atoms with E-state index in [1.165, 1.54) is 28.5 Å². The molecule has 2 atom stereocenters. The maximum atomic E-state index is 11.4. The number of aromatic carboxylic acids is 1. The zero-order valence-electron chi connectivity index (χ0n) is 13.8. The highest BCUT2D eigenvalue weighted by Crippen LogP contribution is 2.30. The predicted octanol–water partition coefficient (Wildman–Crippen LogP) is 0.699. The summed E-state index contributed by atoms with van der Waals surface area (Å²) in [6.45, 7) is -0.0572. The van der Waals surface area contributed by atoms with Crippen LogP contribution in [-0.4, -0.2) is 48.5 Å². The summed E-state index contributed by atoms with van der Waals surface area (Å²) in [5.74, 6) is -0.276. The molecule has 11 nitrogen and oxygen atoms in total. The van der Waals surface area contributed by atoms with Gasteiger partial charge in [0.25, 0.3) is 5.69 Å². The SMILES string of the molecule is Nc1ccn([C@@H]2CS[C@H](CO)O2)c(=O)n1.O=C(O)c1ccc([N+](=O)[O-])cc1. The first-order valence-electron chi connectivity index (χ1n) is 7.52. The van der Waals surface area contributed by atoms with Gasteiger partial charge in [0, 0.05) is 24.1 Å². The summed E-state index contributed by atoms with van der Waals surface area (Å²) in [6.07, 6.45) is 1.18. The van der Waals surface area contributed by atoms with Crippen LogP contribution in [0.5, 0.6) is 0 Å². The fourth-order valence-corrected chi connectivity index (χ4v) is 2.99. The number of rotatable bonds is 4. The molecule has 144 valence electrons. The minimum absolute atomic E-state index is 0.0422. The van der Waals surface area contributed by atoms with Gasteiger partial charge in [-0.2, -0.15) is 4.98 Å². The highest BCUT2D eigenvalue weighted by atomic mass is 32.2. The Balaban J connectivity index is 0.000000199. The van der Waals surface area contributed by atoms with Crippen LogP contribution in [0.15, 0.2) is 41.3 Å². The van der Waals surface area contributed by atoms with Gasteiger partial charge in [-0.3, -0.25) is 14.7 Å². The molecule has 27 heavy (non-hydrogen) atoms. The van der Waals surface area contributed by atoms with Crippen LogP contribution in [0, 0.1) is 10.1 Å². The maximum Gasteiger partial charge on any atom is 0.351 e. The lowest BCUT2D eigenvalue weighted by Gasteiger charge is -2.13. The number of aliphatic hydroxyl groups excluding tert-OH is 1. The third-order valence-corrected chi connectivity index (χ3v) is 4.48. The van der Waals surface area contributed by atoms with E-state index in [9.17, 15) is 19.7 Å². The monoisotopic (exact) mass is 396 g/mol. The average Bonchev–Trinajstić information content (AvgIpc) is 3.11. The van der Waals surface area contributed by atoms with Crippen LogP contribution in [0.25, 0.3) is 0 Å². The van der Waals surface area contributed by atoms with Gasteiger partial charge < -0.3 is 20.7 Å². The molecule has 0 saturated carbocycles. The standard InChI is InChI=1S/C8H11N3O3S.C7H5NO4/c9-5-1-2-11(8(13)10-5)6-4-15-7(3-12)14-6;9-7(10)5-1-3-6(4-2-5)8(11)12/h1-2,6-7,12H,3-4H2,(H2,9,10,13);1-4H,(H,9,10)/t6-,7+;/m0./s1. The first-order chi connectivity index (χ1) is 12.8. The van der Waals surface area contributed by atoms with Crippen molar-refractivity contribution < 1.29 is 24.7 Å². The number of nitro benzene ring substituents is 1. The molecule has 0 unspecified atom stereocenters. The number of thioether (sulfide) groups is 1. The summed E-state index contributed by atoms with van der Waals surface area (Å²) >= 11 is 1.47. The summed E-state index contributed by atoms with van der Waals surface area (Å²) in [7, 11) is 0. The minimum atomic E-state index is -1.09. The van der Waals surface area contributed by atoms with Crippen LogP contribution < -0.4 is 11.4 Å². The van der Waals surface area contributed by atoms with Crippen LogP contribution in [0.2, 0.25) is 0 Å². The molecule has 3 rings (SSSR count). The van der Waals surface area contributed by atoms with Crippen molar-refractivity contribution in [2.45, 2.75) is 11.7 Å². The van der Waals surface area contributed by atoms with Gasteiger partial charge in [0.2, 0.25) is 0 Å². The Morgan fingerprint density at radius 2 is 2.07 bits per heavy atom. The van der Waals surface area contributed by atoms with Crippen LogP contribution in [0.1, 0.15) is 16.6 Å². The van der Waals surface area contributed by atoms with Crippen molar-refractivity contribution in [2.75, 3.05) is 18.1 Å². The molecule has 0 radical (unpaired) electrons. The van der Waals surface area contributed by atoms with Gasteiger partial charge in [-0.25, -0.2) is 9.59 Å². The molecule has 2 aromatic rings. The lowest BCUT2D eigenvalue weighted by Crippen LogP contribution is -2.28. The number of benzene rings is 1. The third-order valence-electron chi connectivity index (χ3n) is 3.37. The number of anilines is 1. The van der Waals surface area contributed by atoms with Gasteiger partial charge in [-0.15, -0.1) is 11.8 Å². The van der Waals surface area contributed by atoms with E-state index in [4.69, 9.17) is 20.7 Å². The Kier molecular flexibility index (Phi) is 6.87. The number of aliphatic hydroxyl groups is 1. The van der Waals surface area contributed by atoms with Gasteiger partial charge in [-0.05, 0) is 18.2 Å². The van der Waals surface area contributed by atoms with Crippen molar-refractivity contribution in [2.24, 2.45) is 0 Å². The maximum absolute atomic E-state index is 11.4. The number of nitro groups is 1. The molecule has 0 bridgehead atoms. The lowest BCUT2D eigenvalue weighted by molar-refractivity contribution is -0.384. The zero-order chi connectivity index (χ0) is 20.0. The fraction of sp³-hybridized carbons (Fsp3) is 0.267. The number of hydrogen-bond acceptors (Lipinski definition) is 9. The number of nitrogens with zero attached hydrogens (tertiary/aromatic N) is 3. The van der Waals surface area contributed by atoms with Crippen LogP contribution >= 0.6 is 11.8 Å². The molecular weight excluding hydrogens is 380 g/mol. The molecule has 0 amide bonds. The molecule has 0 aliphatic carbocycles. The van der Waals surface area contributed by atoms with Crippen LogP contribution in [0.3, 0.4) is 0 Å². The highest BCUT2D eigenvalue weighted by Gasteiger charge is 2.27. The second-order valence-electron chi connectivity index (χ2n) is 5.19. The first kappa shape index (κ1) is 20.4. The molecule has 12 heteroatoms. The van der Waals surface area contributed by atoms with E-state index in [1.54, 1.807) is 12.3 Å². The second-order valence-corrected chi connectivity index (χ2v) is 6.38. The summed E-state index contributed by atoms with van der Waals surface area (Å²) < 4.78 is 6.79. The summed E-state index contributed by atoms with van der Waals surface area (Å²) in [5, 5.41) is 27.5. The molecule has 0 spiro atoms. The van der Waals surface area contributed by atoms with Crippen molar-refractivity contribution in [1.29, 1.82) is 0 Å². The number of carboxylic acid groups (broad SMARTS) is 1. The molecule has 2 heterocycles. The van der Waals surface area contributed by atoms with Gasteiger partial charge in [-0.1, -0.05) is 0 Å². The Morgan fingerprint density at radius 3 is 2.56 bits per heavy atom. The van der Waals surface area contributed by atoms with Crippen molar-refractivity contribution in [3.8, 4) is 0 Å². The number of carbonyl (C=O) groups is 1. The number of nitrogens with two attached hydrogens (primary N) is 1. The Labute approximate surface area is 156 Å². The van der Waals surface area contributed by atoms with Gasteiger partial charge in [0.15, 0.2) is 0 Å². The number of non-ortho nitro benzene ring substituents is 1. The van der Waals surface area contributed by atoms with E-state index < -0.39 is 16.6 Å². The molecule has 1 aliphatic heterocycles. The van der Waals surface area contributed by atoms with Crippen LogP contribution in [-0.2, 0) is 4.74 Å². The number of aromatic nitrogens is 2. The number of ether oxygens (including phenoxy) is 1. The first-order valence-corrected chi connectivity index (χ1v) is 8.57. The van der Waals surface area contributed by atoms with E-state index in [-0.39, 0.29) is 35.3 Å². The summed E-state index contributed by atoms with van der Waals surface area (Å²) in [4.78, 5) is 34.9. The van der Waals surface area contributed by atoms with Crippen molar-refractivity contribution in [3.05, 3.63) is 62.7 Å². The molecule has 1 aliphatic rings. The van der Waals surface area contributed by atoms with Crippen molar-refractivity contribution in [3.63, 3.8) is 0 Å². The number of hydrogen-bond donors (Lipinski definition) is 3. The van der Waals surface area contributed by atoms with Gasteiger partial charge >= 0.3 is 11.7 Å². The van der Waals surface area contributed by atoms with E-state index in [2.05, 4.69) is 4.98 Å². The molecule has 1 aromatic heterocycles. The normalized spacial score (nSPS) is 18.4. The number of carboxylic acids is 1. The quantitative estimate of drug-likeness (QED) is 0.493. The zero-order valence-corrected chi connectivity index (χ0v) is 14.6. The van der Waals surface area contributed by atoms with Crippen LogP contribution in [0.4, 0.5) is 11.5 Å². The van der Waals surface area contributed by atoms with Crippen molar-refractivity contribution >= 4 is 29.2 Å². The Hall–Kier alpha value is -2.96. The smallest absolute Gasteiger partial charge is 0.351 e. The summed E-state index contributed by atoms with van der Waals surface area (Å²) in [6, 6.07) is 6.25. The molecule has 1 saturated heterocycles. The molecular formula is C15H16N4O7S. The number of nitrogen functional groups attached to an aromatic ring is 1. The predicted molar refractivity (Wildman–Crippen MR) is 96.4 cm³/mol. The van der Waals surface area contributed by atoms with E-state index in [0.29, 0.717) is 5.75 Å². The third kappa shape index (κ3) is 5.51. The second kappa shape index (κ2) is 9.12. The topological polar surface area (TPSA) is 171 Å². The molecule has 1 fully saturated rings. The largest absolute Gasteiger partial charge is 0.478 e. The van der Waals surface area contributed by atoms with E-state index in [0.717, 1.165) is 12.1 Å². The Bertz CT molecular complexity index is 838. The van der Waals surface area contributed by atoms with Crippen molar-refractivity contribution in [1.82, 2.24) is 9.55 Å². The average molecular weight is 396 g/mol. The molecule has 4 N–H and O–H groups in total. The van der Waals surface area contributed by atoms with Gasteiger partial charge in [0.1, 0.15) is 17.5 Å². The van der Waals surface area contributed by atoms with Gasteiger partial charge in [0.05, 0.1) is 17.1 Å². The fourth-order valence-electron chi connectivity index (χ4n) is 2.06. The molecule has 1 aromatic carbocycles. The highest BCUT2D eigenvalue weighted by molar-refractivity contribution is 8.00. The summed E-state index contributed by atoms with van der Waals surface area (Å²) in [5.41, 5.74) is 4.60. The Morgan fingerprint density at radius 1 is 1.41 bits per heavy atom. The minimum Gasteiger partial charge on any atom is -0.478 e. The van der Waals surface area contributed by atoms with E-state index >= 15 is 0 Å². The lowest BCUT2D eigenvalue weighted by atomic mass is 10.2.